The Balaban J connectivity index is 1.93. The molecule has 0 aromatic heterocycles. The molecule has 1 atom stereocenters. The molecule has 92 valence electrons. The molecule has 2 aliphatic rings. The molecule has 0 saturated carbocycles. The second-order valence-corrected chi connectivity index (χ2v) is 5.23. The van der Waals surface area contributed by atoms with Gasteiger partial charge in [0.15, 0.2) is 0 Å². The number of rotatable bonds is 1. The summed E-state index contributed by atoms with van der Waals surface area (Å²) in [5, 5.41) is 6.97. The number of nitrogens with zero attached hydrogens (tertiary/aromatic N) is 1. The van der Waals surface area contributed by atoms with Gasteiger partial charge in [0.25, 0.3) is 0 Å². The van der Waals surface area contributed by atoms with Crippen LogP contribution < -0.4 is 15.5 Å². The topological polar surface area (TPSA) is 27.3 Å². The van der Waals surface area contributed by atoms with Gasteiger partial charge in [0.2, 0.25) is 0 Å². The molecule has 3 heteroatoms. The molecule has 0 bridgehead atoms. The number of hydrogen-bond donors (Lipinski definition) is 2. The van der Waals surface area contributed by atoms with Crippen molar-refractivity contribution in [2.75, 3.05) is 42.9 Å². The molecule has 3 nitrogen and oxygen atoms in total. The molecule has 1 aromatic carbocycles. The Kier molecular flexibility index (Phi) is 2.93. The minimum atomic E-state index is 0.742. The van der Waals surface area contributed by atoms with E-state index < -0.39 is 0 Å². The molecule has 2 aliphatic heterocycles. The van der Waals surface area contributed by atoms with Crippen LogP contribution in [-0.2, 0) is 6.42 Å². The van der Waals surface area contributed by atoms with Crippen molar-refractivity contribution >= 4 is 11.4 Å². The number of hydrogen-bond acceptors (Lipinski definition) is 3. The zero-order chi connectivity index (χ0) is 11.7. The quantitative estimate of drug-likeness (QED) is 0.770. The van der Waals surface area contributed by atoms with Crippen molar-refractivity contribution in [2.24, 2.45) is 5.92 Å². The van der Waals surface area contributed by atoms with E-state index in [4.69, 9.17) is 0 Å². The van der Waals surface area contributed by atoms with E-state index in [1.165, 1.54) is 23.4 Å². The molecular formula is C14H21N3. The average Bonchev–Trinajstić information content (AvgIpc) is 2.39. The zero-order valence-electron chi connectivity index (χ0n) is 10.5. The summed E-state index contributed by atoms with van der Waals surface area (Å²) in [6.45, 7) is 7.90. The van der Waals surface area contributed by atoms with Crippen molar-refractivity contribution in [3.05, 3.63) is 23.8 Å². The van der Waals surface area contributed by atoms with Crippen LogP contribution in [0.15, 0.2) is 18.2 Å². The van der Waals surface area contributed by atoms with Crippen molar-refractivity contribution in [3.63, 3.8) is 0 Å². The third-order valence-electron chi connectivity index (χ3n) is 3.80. The summed E-state index contributed by atoms with van der Waals surface area (Å²) in [7, 11) is 0. The van der Waals surface area contributed by atoms with Crippen molar-refractivity contribution in [2.45, 2.75) is 13.3 Å². The van der Waals surface area contributed by atoms with Gasteiger partial charge < -0.3 is 15.5 Å². The third kappa shape index (κ3) is 2.12. The maximum Gasteiger partial charge on any atom is 0.0420 e. The molecule has 17 heavy (non-hydrogen) atoms. The van der Waals surface area contributed by atoms with E-state index in [2.05, 4.69) is 40.7 Å². The van der Waals surface area contributed by atoms with Gasteiger partial charge in [-0.2, -0.15) is 0 Å². The Bertz CT molecular complexity index is 396. The summed E-state index contributed by atoms with van der Waals surface area (Å²) in [6.07, 6.45) is 1.21. The number of piperazine rings is 1. The Morgan fingerprint density at radius 2 is 2.06 bits per heavy atom. The first-order valence-electron chi connectivity index (χ1n) is 6.66. The molecule has 1 fully saturated rings. The second-order valence-electron chi connectivity index (χ2n) is 5.23. The Morgan fingerprint density at radius 3 is 2.88 bits per heavy atom. The van der Waals surface area contributed by atoms with Crippen molar-refractivity contribution in [1.82, 2.24) is 5.32 Å². The lowest BCUT2D eigenvalue weighted by Crippen LogP contribution is -2.44. The highest BCUT2D eigenvalue weighted by molar-refractivity contribution is 5.68. The maximum absolute atomic E-state index is 3.55. The van der Waals surface area contributed by atoms with Gasteiger partial charge in [-0.15, -0.1) is 0 Å². The number of nitrogens with one attached hydrogen (secondary N) is 2. The smallest absolute Gasteiger partial charge is 0.0420 e. The van der Waals surface area contributed by atoms with Crippen LogP contribution >= 0.6 is 0 Å². The lowest BCUT2D eigenvalue weighted by molar-refractivity contribution is 0.572. The highest BCUT2D eigenvalue weighted by atomic mass is 15.2. The zero-order valence-corrected chi connectivity index (χ0v) is 10.5. The van der Waals surface area contributed by atoms with Crippen LogP contribution in [0.2, 0.25) is 0 Å². The van der Waals surface area contributed by atoms with Crippen LogP contribution in [0.1, 0.15) is 12.5 Å². The van der Waals surface area contributed by atoms with Crippen LogP contribution in [0.4, 0.5) is 11.4 Å². The van der Waals surface area contributed by atoms with E-state index in [1.54, 1.807) is 0 Å². The Labute approximate surface area is 103 Å². The van der Waals surface area contributed by atoms with Gasteiger partial charge >= 0.3 is 0 Å². The van der Waals surface area contributed by atoms with Gasteiger partial charge in [0.05, 0.1) is 0 Å². The highest BCUT2D eigenvalue weighted by Gasteiger charge is 2.21. The Morgan fingerprint density at radius 1 is 1.24 bits per heavy atom. The van der Waals surface area contributed by atoms with E-state index in [-0.39, 0.29) is 0 Å². The maximum atomic E-state index is 3.55. The fraction of sp³-hybridized carbons (Fsp3) is 0.571. The van der Waals surface area contributed by atoms with Crippen molar-refractivity contribution < 1.29 is 0 Å². The normalized spacial score (nSPS) is 24.1. The summed E-state index contributed by atoms with van der Waals surface area (Å²) in [6, 6.07) is 6.68. The largest absolute Gasteiger partial charge is 0.384 e. The first-order chi connectivity index (χ1) is 8.34. The van der Waals surface area contributed by atoms with Gasteiger partial charge in [-0.05, 0) is 30.0 Å². The summed E-state index contributed by atoms with van der Waals surface area (Å²) in [5.74, 6) is 0.742. The van der Waals surface area contributed by atoms with E-state index in [0.29, 0.717) is 0 Å². The molecule has 0 radical (unpaired) electrons. The van der Waals surface area contributed by atoms with Crippen molar-refractivity contribution in [1.29, 1.82) is 0 Å². The van der Waals surface area contributed by atoms with E-state index >= 15 is 0 Å². The van der Waals surface area contributed by atoms with Crippen LogP contribution in [0.5, 0.6) is 0 Å². The molecule has 2 N–H and O–H groups in total. The molecule has 3 rings (SSSR count). The first-order valence-corrected chi connectivity index (χ1v) is 6.66. The molecule has 1 aromatic rings. The molecule has 0 spiro atoms. The number of fused-ring (bicyclic) bond motifs is 1. The highest BCUT2D eigenvalue weighted by Crippen LogP contribution is 2.33. The van der Waals surface area contributed by atoms with Crippen LogP contribution in [-0.4, -0.2) is 32.7 Å². The predicted molar refractivity (Wildman–Crippen MR) is 72.9 cm³/mol. The van der Waals surface area contributed by atoms with Crippen LogP contribution in [0, 0.1) is 5.92 Å². The number of anilines is 2. The minimum absolute atomic E-state index is 0.742. The molecule has 1 unspecified atom stereocenters. The van der Waals surface area contributed by atoms with Gasteiger partial charge in [-0.1, -0.05) is 13.0 Å². The SMILES string of the molecule is CC1CNc2cccc(N3CCNCC3)c2C1. The first kappa shape index (κ1) is 10.9. The van der Waals surface area contributed by atoms with Crippen LogP contribution in [0.3, 0.4) is 0 Å². The molecule has 0 amide bonds. The summed E-state index contributed by atoms with van der Waals surface area (Å²) in [4.78, 5) is 2.52. The summed E-state index contributed by atoms with van der Waals surface area (Å²) >= 11 is 0. The van der Waals surface area contributed by atoms with Gasteiger partial charge in [-0.25, -0.2) is 0 Å². The minimum Gasteiger partial charge on any atom is -0.384 e. The molecule has 2 heterocycles. The molecule has 1 saturated heterocycles. The van der Waals surface area contributed by atoms with Gasteiger partial charge in [-0.3, -0.25) is 0 Å². The fourth-order valence-corrected chi connectivity index (χ4v) is 2.86. The van der Waals surface area contributed by atoms with Crippen LogP contribution in [0.25, 0.3) is 0 Å². The van der Waals surface area contributed by atoms with E-state index in [9.17, 15) is 0 Å². The van der Waals surface area contributed by atoms with Gasteiger partial charge in [0.1, 0.15) is 0 Å². The lowest BCUT2D eigenvalue weighted by atomic mass is 9.93. The van der Waals surface area contributed by atoms with Gasteiger partial charge in [0, 0.05) is 44.1 Å². The van der Waals surface area contributed by atoms with E-state index in [0.717, 1.165) is 38.6 Å². The summed E-state index contributed by atoms with van der Waals surface area (Å²) in [5.41, 5.74) is 4.32. The average molecular weight is 231 g/mol. The lowest BCUT2D eigenvalue weighted by Gasteiger charge is -2.34. The standard InChI is InChI=1S/C14H21N3/c1-11-9-12-13(16-10-11)3-2-4-14(12)17-7-5-15-6-8-17/h2-4,11,15-16H,5-10H2,1H3. The number of benzene rings is 1. The predicted octanol–water partition coefficient (Wildman–Crippen LogP) is 1.70. The Hall–Kier alpha value is -1.22. The van der Waals surface area contributed by atoms with E-state index in [1.807, 2.05) is 0 Å². The van der Waals surface area contributed by atoms with Crippen molar-refractivity contribution in [3.8, 4) is 0 Å². The molecular weight excluding hydrogens is 210 g/mol. The monoisotopic (exact) mass is 231 g/mol. The fourth-order valence-electron chi connectivity index (χ4n) is 2.86. The third-order valence-corrected chi connectivity index (χ3v) is 3.80. The molecule has 0 aliphatic carbocycles. The second kappa shape index (κ2) is 4.57. The summed E-state index contributed by atoms with van der Waals surface area (Å²) < 4.78 is 0.